The Balaban J connectivity index is 1.64. The number of phenols is 1. The lowest BCUT2D eigenvalue weighted by atomic mass is 9.60. The number of primary amides is 1. The van der Waals surface area contributed by atoms with Gasteiger partial charge in [-0.2, -0.15) is 0 Å². The molecule has 1 fully saturated rings. The summed E-state index contributed by atoms with van der Waals surface area (Å²) in [5, 5.41) is 43.8. The molecule has 5 rings (SSSR count). The molecule has 1 aliphatic heterocycles. The number of ketones is 2. The Morgan fingerprint density at radius 1 is 1.17 bits per heavy atom. The summed E-state index contributed by atoms with van der Waals surface area (Å²) in [6, 6.07) is 1.58. The van der Waals surface area contributed by atoms with E-state index >= 15 is 0 Å². The van der Waals surface area contributed by atoms with Crippen LogP contribution in [-0.2, 0) is 22.6 Å². The number of amides is 1. The molecule has 6 N–H and O–H groups in total. The van der Waals surface area contributed by atoms with E-state index in [4.69, 9.17) is 5.73 Å². The SMILES string of the molecule is CN(C)c1c(CN2CCCC2)cc(O)c2c1CC1C[C@H]3CC(O)=C(C(N)=O)C(=O)[C@@]3(O)C(O)=C1C2=O. The van der Waals surface area contributed by atoms with Gasteiger partial charge >= 0.3 is 0 Å². The number of aliphatic hydroxyl groups is 3. The van der Waals surface area contributed by atoms with Crippen molar-refractivity contribution < 1.29 is 34.8 Å². The third-order valence-corrected chi connectivity index (χ3v) is 8.15. The summed E-state index contributed by atoms with van der Waals surface area (Å²) in [5.41, 5.74) is 4.20. The second-order valence-electron chi connectivity index (χ2n) is 10.5. The first-order valence-corrected chi connectivity index (χ1v) is 12.2. The number of aliphatic hydroxyl groups excluding tert-OH is 2. The van der Waals surface area contributed by atoms with Gasteiger partial charge in [0.2, 0.25) is 5.78 Å². The highest BCUT2D eigenvalue weighted by Crippen LogP contribution is 2.52. The summed E-state index contributed by atoms with van der Waals surface area (Å²) in [4.78, 5) is 42.8. The van der Waals surface area contributed by atoms with E-state index in [1.165, 1.54) is 0 Å². The van der Waals surface area contributed by atoms with E-state index in [0.29, 0.717) is 18.5 Å². The summed E-state index contributed by atoms with van der Waals surface area (Å²) in [7, 11) is 3.75. The Morgan fingerprint density at radius 2 is 1.83 bits per heavy atom. The molecule has 0 spiro atoms. The number of allylic oxidation sites excluding steroid dienone is 2. The molecule has 192 valence electrons. The number of carbonyl (C=O) groups excluding carboxylic acids is 3. The second-order valence-corrected chi connectivity index (χ2v) is 10.5. The fourth-order valence-corrected chi connectivity index (χ4v) is 6.60. The quantitative estimate of drug-likeness (QED) is 0.385. The van der Waals surface area contributed by atoms with Gasteiger partial charge in [-0.25, -0.2) is 0 Å². The first-order chi connectivity index (χ1) is 17.0. The van der Waals surface area contributed by atoms with Crippen LogP contribution < -0.4 is 10.6 Å². The number of Topliss-reactive ketones (excluding diaryl/α,β-unsaturated/α-hetero) is 2. The molecule has 1 saturated heterocycles. The number of carbonyl (C=O) groups is 3. The number of hydrogen-bond donors (Lipinski definition) is 5. The zero-order valence-electron chi connectivity index (χ0n) is 20.4. The maximum absolute atomic E-state index is 13.7. The standard InChI is InChI=1S/C26H31N3O7/c1-28(2)21-13(11-29-5-3-4-6-29)9-16(30)19-15(21)8-12-7-14-10-17(31)20(25(27)35)24(34)26(14,36)23(33)18(12)22(19)32/h9,12,14,30-31,33,36H,3-8,10-11H2,1-2H3,(H2,27,35)/t12?,14-,26-/m0/s1. The number of phenolic OH excluding ortho intramolecular Hbond substituents is 1. The van der Waals surface area contributed by atoms with E-state index in [-0.39, 0.29) is 29.7 Å². The molecule has 0 aromatic heterocycles. The fourth-order valence-electron chi connectivity index (χ4n) is 6.60. The van der Waals surface area contributed by atoms with Crippen molar-refractivity contribution in [3.63, 3.8) is 0 Å². The van der Waals surface area contributed by atoms with Gasteiger partial charge in [0.05, 0.1) is 5.56 Å². The van der Waals surface area contributed by atoms with Gasteiger partial charge in [0.15, 0.2) is 11.4 Å². The highest BCUT2D eigenvalue weighted by Gasteiger charge is 2.59. The summed E-state index contributed by atoms with van der Waals surface area (Å²) >= 11 is 0. The fraction of sp³-hybridized carbons (Fsp3) is 0.500. The van der Waals surface area contributed by atoms with Gasteiger partial charge in [0, 0.05) is 44.2 Å². The lowest BCUT2D eigenvalue weighted by Gasteiger charge is -2.46. The van der Waals surface area contributed by atoms with Crippen LogP contribution in [0.2, 0.25) is 0 Å². The average Bonchev–Trinajstić information content (AvgIpc) is 3.28. The smallest absolute Gasteiger partial charge is 0.255 e. The van der Waals surface area contributed by atoms with Gasteiger partial charge in [0.25, 0.3) is 5.91 Å². The summed E-state index contributed by atoms with van der Waals surface area (Å²) in [6.07, 6.45) is 2.40. The number of nitrogens with two attached hydrogens (primary N) is 1. The molecule has 4 aliphatic rings. The van der Waals surface area contributed by atoms with Gasteiger partial charge < -0.3 is 31.1 Å². The van der Waals surface area contributed by atoms with E-state index in [2.05, 4.69) is 4.90 Å². The first-order valence-electron chi connectivity index (χ1n) is 12.2. The van der Waals surface area contributed by atoms with Crippen LogP contribution >= 0.6 is 0 Å². The maximum Gasteiger partial charge on any atom is 0.255 e. The lowest BCUT2D eigenvalue weighted by Crippen LogP contribution is -2.57. The minimum atomic E-state index is -2.55. The van der Waals surface area contributed by atoms with Crippen molar-refractivity contribution in [1.82, 2.24) is 4.90 Å². The summed E-state index contributed by atoms with van der Waals surface area (Å²) in [5.74, 6) is -6.16. The predicted octanol–water partition coefficient (Wildman–Crippen LogP) is 1.24. The number of likely N-dealkylation sites (tertiary alicyclic amines) is 1. The van der Waals surface area contributed by atoms with Crippen LogP contribution in [0.1, 0.15) is 47.2 Å². The molecule has 3 atom stereocenters. The van der Waals surface area contributed by atoms with Crippen molar-refractivity contribution in [2.75, 3.05) is 32.1 Å². The van der Waals surface area contributed by atoms with Crippen molar-refractivity contribution in [2.24, 2.45) is 17.6 Å². The minimum Gasteiger partial charge on any atom is -0.511 e. The molecule has 1 aromatic rings. The number of benzene rings is 1. The molecule has 0 saturated carbocycles. The Labute approximate surface area is 208 Å². The van der Waals surface area contributed by atoms with Crippen LogP contribution in [-0.4, -0.2) is 75.6 Å². The van der Waals surface area contributed by atoms with Crippen molar-refractivity contribution in [1.29, 1.82) is 0 Å². The molecule has 1 aromatic carbocycles. The average molecular weight is 498 g/mol. The zero-order chi connectivity index (χ0) is 26.1. The largest absolute Gasteiger partial charge is 0.511 e. The van der Waals surface area contributed by atoms with Gasteiger partial charge in [-0.1, -0.05) is 0 Å². The van der Waals surface area contributed by atoms with E-state index in [9.17, 15) is 34.8 Å². The summed E-state index contributed by atoms with van der Waals surface area (Å²) in [6.45, 7) is 2.56. The third kappa shape index (κ3) is 3.35. The van der Waals surface area contributed by atoms with Crippen molar-refractivity contribution in [3.8, 4) is 5.75 Å². The molecule has 0 bridgehead atoms. The number of anilines is 1. The Morgan fingerprint density at radius 3 is 2.44 bits per heavy atom. The van der Waals surface area contributed by atoms with Crippen LogP contribution in [0.25, 0.3) is 0 Å². The highest BCUT2D eigenvalue weighted by atomic mass is 16.3. The Bertz CT molecular complexity index is 1260. The predicted molar refractivity (Wildman–Crippen MR) is 130 cm³/mol. The van der Waals surface area contributed by atoms with Crippen molar-refractivity contribution >= 4 is 23.2 Å². The van der Waals surface area contributed by atoms with Crippen LogP contribution in [0.3, 0.4) is 0 Å². The van der Waals surface area contributed by atoms with Crippen LogP contribution in [0.5, 0.6) is 5.75 Å². The Hall–Kier alpha value is -3.37. The first kappa shape index (κ1) is 24.3. The van der Waals surface area contributed by atoms with E-state index in [1.54, 1.807) is 6.07 Å². The molecule has 10 nitrogen and oxygen atoms in total. The van der Waals surface area contributed by atoms with Crippen molar-refractivity contribution in [3.05, 3.63) is 45.4 Å². The summed E-state index contributed by atoms with van der Waals surface area (Å²) < 4.78 is 0. The molecular weight excluding hydrogens is 466 g/mol. The van der Waals surface area contributed by atoms with Gasteiger partial charge in [-0.3, -0.25) is 19.3 Å². The maximum atomic E-state index is 13.7. The van der Waals surface area contributed by atoms with Crippen LogP contribution in [0.15, 0.2) is 28.7 Å². The second kappa shape index (κ2) is 8.35. The molecule has 1 unspecified atom stereocenters. The number of rotatable bonds is 4. The highest BCUT2D eigenvalue weighted by molar-refractivity contribution is 6.24. The van der Waals surface area contributed by atoms with Gasteiger partial charge in [-0.05, 0) is 61.9 Å². The molecule has 1 heterocycles. The molecule has 36 heavy (non-hydrogen) atoms. The van der Waals surface area contributed by atoms with Gasteiger partial charge in [0.1, 0.15) is 22.8 Å². The molecule has 1 amide bonds. The molecule has 0 radical (unpaired) electrons. The normalized spacial score (nSPS) is 28.2. The molecular formula is C26H31N3O7. The lowest BCUT2D eigenvalue weighted by molar-refractivity contribution is -0.144. The van der Waals surface area contributed by atoms with E-state index < -0.39 is 52.0 Å². The Kier molecular flexibility index (Phi) is 5.64. The van der Waals surface area contributed by atoms with E-state index in [0.717, 1.165) is 37.2 Å². The number of aromatic hydroxyl groups is 1. The number of nitrogens with zero attached hydrogens (tertiary/aromatic N) is 2. The minimum absolute atomic E-state index is 0.0421. The number of fused-ring (bicyclic) bond motifs is 3. The van der Waals surface area contributed by atoms with Crippen LogP contribution in [0.4, 0.5) is 5.69 Å². The van der Waals surface area contributed by atoms with Crippen molar-refractivity contribution in [2.45, 2.75) is 44.2 Å². The van der Waals surface area contributed by atoms with Crippen LogP contribution in [0, 0.1) is 11.8 Å². The monoisotopic (exact) mass is 497 g/mol. The molecule has 3 aliphatic carbocycles. The zero-order valence-corrected chi connectivity index (χ0v) is 20.4. The molecule has 10 heteroatoms. The van der Waals surface area contributed by atoms with Gasteiger partial charge in [-0.15, -0.1) is 0 Å². The third-order valence-electron chi connectivity index (χ3n) is 8.15. The van der Waals surface area contributed by atoms with E-state index in [1.807, 2.05) is 19.0 Å². The number of hydrogen-bond acceptors (Lipinski definition) is 9. The topological polar surface area (TPSA) is 165 Å².